The van der Waals surface area contributed by atoms with Gasteiger partial charge in [0.1, 0.15) is 11.3 Å². The standard InChI is InChI=1S/C24H25N3O3/c1-16-13-18(8-7-17-14-26-20-6-4-3-5-19(17)20)30-23(29)21(16)22(28)27-11-9-24(2,15-25)10-12-27/h3-6,13-14,26H,7-12H2,1-2H3. The third kappa shape index (κ3) is 3.76. The number of aryl methyl sites for hydroxylation is 3. The molecule has 1 saturated heterocycles. The highest BCUT2D eigenvalue weighted by Crippen LogP contribution is 2.30. The van der Waals surface area contributed by atoms with Gasteiger partial charge in [0.25, 0.3) is 5.91 Å². The third-order valence-electron chi connectivity index (χ3n) is 6.15. The number of amides is 1. The van der Waals surface area contributed by atoms with E-state index in [1.165, 1.54) is 5.56 Å². The number of fused-ring (bicyclic) bond motifs is 1. The van der Waals surface area contributed by atoms with Gasteiger partial charge in [0.05, 0.1) is 11.5 Å². The van der Waals surface area contributed by atoms with E-state index < -0.39 is 11.0 Å². The molecular weight excluding hydrogens is 378 g/mol. The molecule has 4 rings (SSSR count). The van der Waals surface area contributed by atoms with Gasteiger partial charge in [0, 0.05) is 36.6 Å². The molecule has 0 aliphatic carbocycles. The summed E-state index contributed by atoms with van der Waals surface area (Å²) in [5, 5.41) is 10.4. The van der Waals surface area contributed by atoms with Gasteiger partial charge in [0.15, 0.2) is 0 Å². The van der Waals surface area contributed by atoms with Crippen LogP contribution in [0.5, 0.6) is 0 Å². The first-order chi connectivity index (χ1) is 14.4. The Kier molecular flexibility index (Phi) is 5.21. The molecule has 3 heterocycles. The van der Waals surface area contributed by atoms with E-state index in [0.717, 1.165) is 17.3 Å². The maximum atomic E-state index is 12.9. The van der Waals surface area contributed by atoms with E-state index in [-0.39, 0.29) is 11.5 Å². The molecule has 6 heteroatoms. The number of aromatic nitrogens is 1. The smallest absolute Gasteiger partial charge is 0.349 e. The zero-order chi connectivity index (χ0) is 21.3. The lowest BCUT2D eigenvalue weighted by atomic mass is 9.82. The minimum Gasteiger partial charge on any atom is -0.427 e. The number of hydrogen-bond donors (Lipinski definition) is 1. The van der Waals surface area contributed by atoms with Gasteiger partial charge in [0.2, 0.25) is 0 Å². The molecule has 1 amide bonds. The first-order valence-electron chi connectivity index (χ1n) is 10.3. The number of likely N-dealkylation sites (tertiary alicyclic amines) is 1. The molecule has 1 aromatic carbocycles. The molecule has 1 N–H and O–H groups in total. The molecule has 154 valence electrons. The number of carbonyl (C=O) groups is 1. The van der Waals surface area contributed by atoms with E-state index in [1.54, 1.807) is 17.9 Å². The van der Waals surface area contributed by atoms with Crippen LogP contribution in [0.1, 0.15) is 47.0 Å². The Morgan fingerprint density at radius 3 is 2.70 bits per heavy atom. The number of aromatic amines is 1. The molecular formula is C24H25N3O3. The Labute approximate surface area is 175 Å². The summed E-state index contributed by atoms with van der Waals surface area (Å²) in [6, 6.07) is 12.2. The van der Waals surface area contributed by atoms with Crippen molar-refractivity contribution in [1.82, 2.24) is 9.88 Å². The second kappa shape index (κ2) is 7.83. The molecule has 1 aliphatic rings. The lowest BCUT2D eigenvalue weighted by Gasteiger charge is -2.34. The van der Waals surface area contributed by atoms with E-state index in [2.05, 4.69) is 17.1 Å². The van der Waals surface area contributed by atoms with Crippen molar-refractivity contribution in [3.8, 4) is 6.07 Å². The lowest BCUT2D eigenvalue weighted by Crippen LogP contribution is -2.43. The zero-order valence-electron chi connectivity index (χ0n) is 17.3. The highest BCUT2D eigenvalue weighted by molar-refractivity contribution is 5.95. The Hall–Kier alpha value is -3.33. The van der Waals surface area contributed by atoms with Crippen molar-refractivity contribution in [2.45, 2.75) is 39.5 Å². The second-order valence-electron chi connectivity index (χ2n) is 8.38. The highest BCUT2D eigenvalue weighted by Gasteiger charge is 2.33. The van der Waals surface area contributed by atoms with Gasteiger partial charge in [-0.15, -0.1) is 0 Å². The van der Waals surface area contributed by atoms with Crippen LogP contribution in [0.25, 0.3) is 10.9 Å². The third-order valence-corrected chi connectivity index (χ3v) is 6.15. The molecule has 0 radical (unpaired) electrons. The van der Waals surface area contributed by atoms with Gasteiger partial charge in [-0.3, -0.25) is 4.79 Å². The molecule has 0 saturated carbocycles. The summed E-state index contributed by atoms with van der Waals surface area (Å²) in [5.74, 6) is 0.277. The maximum absolute atomic E-state index is 12.9. The fourth-order valence-corrected chi connectivity index (χ4v) is 4.12. The average Bonchev–Trinajstić information content (AvgIpc) is 3.15. The van der Waals surface area contributed by atoms with Crippen LogP contribution >= 0.6 is 0 Å². The minimum atomic E-state index is -0.581. The van der Waals surface area contributed by atoms with Crippen LogP contribution < -0.4 is 5.63 Å². The zero-order valence-corrected chi connectivity index (χ0v) is 17.3. The molecule has 3 aromatic rings. The van der Waals surface area contributed by atoms with Crippen LogP contribution in [0.2, 0.25) is 0 Å². The summed E-state index contributed by atoms with van der Waals surface area (Å²) < 4.78 is 5.51. The summed E-state index contributed by atoms with van der Waals surface area (Å²) >= 11 is 0. The normalized spacial score (nSPS) is 15.8. The van der Waals surface area contributed by atoms with E-state index in [0.29, 0.717) is 43.7 Å². The van der Waals surface area contributed by atoms with Crippen molar-refractivity contribution in [1.29, 1.82) is 5.26 Å². The molecule has 0 spiro atoms. The summed E-state index contributed by atoms with van der Waals surface area (Å²) in [6.45, 7) is 4.65. The summed E-state index contributed by atoms with van der Waals surface area (Å²) in [7, 11) is 0. The lowest BCUT2D eigenvalue weighted by molar-refractivity contribution is 0.0656. The van der Waals surface area contributed by atoms with E-state index in [1.807, 2.05) is 31.3 Å². The van der Waals surface area contributed by atoms with Crippen molar-refractivity contribution in [2.24, 2.45) is 5.41 Å². The Morgan fingerprint density at radius 2 is 2.00 bits per heavy atom. The number of nitrogens with zero attached hydrogens (tertiary/aromatic N) is 2. The van der Waals surface area contributed by atoms with E-state index in [4.69, 9.17) is 4.42 Å². The molecule has 2 aromatic heterocycles. The summed E-state index contributed by atoms with van der Waals surface area (Å²) in [4.78, 5) is 30.5. The van der Waals surface area contributed by atoms with Crippen LogP contribution in [0, 0.1) is 23.7 Å². The van der Waals surface area contributed by atoms with Gasteiger partial charge in [-0.05, 0) is 56.4 Å². The number of nitrogens with one attached hydrogen (secondary N) is 1. The van der Waals surface area contributed by atoms with Crippen LogP contribution in [0.4, 0.5) is 0 Å². The monoisotopic (exact) mass is 403 g/mol. The molecule has 6 nitrogen and oxygen atoms in total. The number of piperidine rings is 1. The number of carbonyl (C=O) groups excluding carboxylic acids is 1. The van der Waals surface area contributed by atoms with Crippen molar-refractivity contribution in [3.05, 3.63) is 69.4 Å². The van der Waals surface area contributed by atoms with Crippen molar-refractivity contribution in [3.63, 3.8) is 0 Å². The predicted molar refractivity (Wildman–Crippen MR) is 114 cm³/mol. The van der Waals surface area contributed by atoms with Crippen LogP contribution in [-0.2, 0) is 12.8 Å². The predicted octanol–water partition coefficient (Wildman–Crippen LogP) is 3.98. The SMILES string of the molecule is Cc1cc(CCc2c[nH]c3ccccc23)oc(=O)c1C(=O)N1CCC(C)(C#N)CC1. The Balaban J connectivity index is 1.49. The molecule has 30 heavy (non-hydrogen) atoms. The van der Waals surface area contributed by atoms with E-state index >= 15 is 0 Å². The minimum absolute atomic E-state index is 0.103. The number of H-pyrrole nitrogens is 1. The van der Waals surface area contributed by atoms with Crippen LogP contribution in [-0.4, -0.2) is 28.9 Å². The molecule has 0 bridgehead atoms. The van der Waals surface area contributed by atoms with Crippen molar-refractivity contribution in [2.75, 3.05) is 13.1 Å². The van der Waals surface area contributed by atoms with Gasteiger partial charge < -0.3 is 14.3 Å². The molecule has 1 aliphatic heterocycles. The quantitative estimate of drug-likeness (QED) is 0.713. The van der Waals surface area contributed by atoms with Gasteiger partial charge in [-0.2, -0.15) is 5.26 Å². The van der Waals surface area contributed by atoms with Gasteiger partial charge >= 0.3 is 5.63 Å². The first kappa shape index (κ1) is 20.0. The van der Waals surface area contributed by atoms with Crippen LogP contribution in [0.3, 0.4) is 0 Å². The molecule has 1 fully saturated rings. The average molecular weight is 403 g/mol. The van der Waals surface area contributed by atoms with Gasteiger partial charge in [-0.25, -0.2) is 4.79 Å². The first-order valence-corrected chi connectivity index (χ1v) is 10.3. The van der Waals surface area contributed by atoms with Gasteiger partial charge in [-0.1, -0.05) is 18.2 Å². The number of hydrogen-bond acceptors (Lipinski definition) is 4. The fourth-order valence-electron chi connectivity index (χ4n) is 4.12. The van der Waals surface area contributed by atoms with Crippen molar-refractivity contribution >= 4 is 16.8 Å². The summed E-state index contributed by atoms with van der Waals surface area (Å²) in [5.41, 5.74) is 2.01. The second-order valence-corrected chi connectivity index (χ2v) is 8.38. The fraction of sp³-hybridized carbons (Fsp3) is 0.375. The largest absolute Gasteiger partial charge is 0.427 e. The Bertz CT molecular complexity index is 1190. The number of nitriles is 1. The molecule has 0 unspecified atom stereocenters. The number of para-hydroxylation sites is 1. The highest BCUT2D eigenvalue weighted by atomic mass is 16.4. The van der Waals surface area contributed by atoms with E-state index in [9.17, 15) is 14.9 Å². The summed E-state index contributed by atoms with van der Waals surface area (Å²) in [6.07, 6.45) is 4.53. The maximum Gasteiger partial charge on any atom is 0.349 e. The van der Waals surface area contributed by atoms with Crippen LogP contribution in [0.15, 0.2) is 45.7 Å². The Morgan fingerprint density at radius 1 is 1.27 bits per heavy atom. The molecule has 0 atom stereocenters. The number of benzene rings is 1. The number of rotatable bonds is 4. The topological polar surface area (TPSA) is 90.1 Å². The van der Waals surface area contributed by atoms with Crippen molar-refractivity contribution < 1.29 is 9.21 Å².